The number of nitrogens with zero attached hydrogens (tertiary/aromatic N) is 1. The molecule has 1 aromatic heterocycles. The number of aromatic nitrogens is 1. The zero-order valence-electron chi connectivity index (χ0n) is 6.73. The van der Waals surface area contributed by atoms with Gasteiger partial charge in [-0.3, -0.25) is 4.98 Å². The van der Waals surface area contributed by atoms with Crippen molar-refractivity contribution in [3.8, 4) is 5.75 Å². The summed E-state index contributed by atoms with van der Waals surface area (Å²) in [6.07, 6.45) is 3.39. The summed E-state index contributed by atoms with van der Waals surface area (Å²) < 4.78 is 4.17. The van der Waals surface area contributed by atoms with Crippen LogP contribution < -0.4 is 4.74 Å². The van der Waals surface area contributed by atoms with E-state index in [2.05, 4.69) is 4.98 Å². The van der Waals surface area contributed by atoms with E-state index in [1.54, 1.807) is 31.6 Å². The normalized spacial score (nSPS) is 7.92. The van der Waals surface area contributed by atoms with Gasteiger partial charge in [0.15, 0.2) is 0 Å². The van der Waals surface area contributed by atoms with Gasteiger partial charge in [0.25, 0.3) is 0 Å². The Morgan fingerprint density at radius 3 is 2.25 bits per heavy atom. The van der Waals surface area contributed by atoms with Gasteiger partial charge < -0.3 is 4.74 Å². The van der Waals surface area contributed by atoms with Crippen LogP contribution in [0.3, 0.4) is 0 Å². The van der Waals surface area contributed by atoms with Gasteiger partial charge in [0.1, 0.15) is 5.75 Å². The fourth-order valence-electron chi connectivity index (χ4n) is 0.474. The summed E-state index contributed by atoms with van der Waals surface area (Å²) in [6, 6.07) is 3.61. The van der Waals surface area contributed by atoms with Crippen LogP contribution in [0.1, 0.15) is 0 Å². The summed E-state index contributed by atoms with van der Waals surface area (Å²) >= 11 is 0.347. The second kappa shape index (κ2) is 6.73. The number of ether oxygens (including phenoxy) is 1. The molecule has 0 amide bonds. The number of methoxy groups -OCH3 is 1. The van der Waals surface area contributed by atoms with Crippen LogP contribution in [0.4, 0.5) is 4.79 Å². The van der Waals surface area contributed by atoms with E-state index in [1.165, 1.54) is 0 Å². The Kier molecular flexibility index (Phi) is 6.20. The van der Waals surface area contributed by atoms with Gasteiger partial charge >= 0.3 is 32.8 Å². The molecule has 0 atom stereocenters. The molecule has 0 radical (unpaired) electrons. The van der Waals surface area contributed by atoms with Crippen LogP contribution in [0.5, 0.6) is 5.75 Å². The summed E-state index contributed by atoms with van der Waals surface area (Å²) in [7, 11) is 1.63. The molecule has 0 aliphatic rings. The number of rotatable bonds is 1. The van der Waals surface area contributed by atoms with Crippen LogP contribution in [0.15, 0.2) is 24.5 Å². The van der Waals surface area contributed by atoms with Gasteiger partial charge in [-0.05, 0) is 12.1 Å². The molecule has 0 fully saturated rings. The molecule has 1 heterocycles. The van der Waals surface area contributed by atoms with Gasteiger partial charge in [-0.15, -0.1) is 0 Å². The third kappa shape index (κ3) is 7.15. The Hall–Kier alpha value is -0.957. The van der Waals surface area contributed by atoms with Crippen LogP contribution in [0, 0.1) is 0 Å². The Balaban J connectivity index is 0.000000261. The topological polar surface area (TPSA) is 59.4 Å². The van der Waals surface area contributed by atoms with Gasteiger partial charge in [-0.1, -0.05) is 0 Å². The minimum absolute atomic E-state index is 0.347. The second-order valence-corrected chi connectivity index (χ2v) is 3.05. The molecule has 4 nitrogen and oxygen atoms in total. The van der Waals surface area contributed by atoms with Crippen molar-refractivity contribution >= 4 is 4.56 Å². The first-order valence-electron chi connectivity index (χ1n) is 3.15. The number of carboxylic acid groups (broad SMARTS) is 1. The third-order valence-electron chi connectivity index (χ3n) is 0.885. The predicted molar refractivity (Wildman–Crippen MR) is 38.8 cm³/mol. The second-order valence-electron chi connectivity index (χ2n) is 1.78. The Morgan fingerprint density at radius 2 is 2.00 bits per heavy atom. The van der Waals surface area contributed by atoms with Gasteiger partial charge in [0, 0.05) is 12.4 Å². The molecular formula is C7H8NO3Zn. The number of hydrogen-bond donors (Lipinski definition) is 1. The molecule has 0 aliphatic heterocycles. The Morgan fingerprint density at radius 1 is 1.58 bits per heavy atom. The van der Waals surface area contributed by atoms with Crippen molar-refractivity contribution < 1.29 is 32.9 Å². The first-order valence-corrected chi connectivity index (χ1v) is 4.64. The van der Waals surface area contributed by atoms with E-state index < -0.39 is 4.56 Å². The predicted octanol–water partition coefficient (Wildman–Crippen LogP) is 1.30. The van der Waals surface area contributed by atoms with Gasteiger partial charge in [-0.25, -0.2) is 0 Å². The van der Waals surface area contributed by atoms with Gasteiger partial charge in [0.2, 0.25) is 0 Å². The first kappa shape index (κ1) is 11.0. The molecule has 0 aliphatic carbocycles. The fourth-order valence-corrected chi connectivity index (χ4v) is 0.474. The number of hydrogen-bond acceptors (Lipinski definition) is 3. The average molecular weight is 220 g/mol. The molecular weight excluding hydrogens is 211 g/mol. The summed E-state index contributed by atoms with van der Waals surface area (Å²) in [6.45, 7) is 0. The van der Waals surface area contributed by atoms with E-state index in [9.17, 15) is 0 Å². The minimum atomic E-state index is -0.708. The zero-order valence-corrected chi connectivity index (χ0v) is 9.69. The number of carbonyl (C=O) groups is 1. The van der Waals surface area contributed by atoms with E-state index in [0.29, 0.717) is 18.3 Å². The molecule has 61 valence electrons. The molecule has 0 saturated carbocycles. The summed E-state index contributed by atoms with van der Waals surface area (Å²) in [4.78, 5) is 12.9. The molecule has 0 aromatic carbocycles. The Bertz CT molecular complexity index is 223. The fraction of sp³-hybridized carbons (Fsp3) is 0.143. The van der Waals surface area contributed by atoms with Crippen molar-refractivity contribution in [3.63, 3.8) is 0 Å². The van der Waals surface area contributed by atoms with Crippen molar-refractivity contribution in [1.82, 2.24) is 4.98 Å². The third-order valence-corrected chi connectivity index (χ3v) is 0.885. The molecule has 1 rings (SSSR count). The maximum atomic E-state index is 9.06. The van der Waals surface area contributed by atoms with Gasteiger partial charge in [0.05, 0.1) is 7.11 Å². The quantitative estimate of drug-likeness (QED) is 0.724. The SMILES string of the molecule is COc1ccncc1.O=[C](O)[Zn]. The van der Waals surface area contributed by atoms with Crippen molar-refractivity contribution in [1.29, 1.82) is 0 Å². The molecule has 0 bridgehead atoms. The molecule has 5 heteroatoms. The first-order chi connectivity index (χ1) is 5.66. The monoisotopic (exact) mass is 218 g/mol. The molecule has 12 heavy (non-hydrogen) atoms. The Labute approximate surface area is 80.3 Å². The average Bonchev–Trinajstić information content (AvgIpc) is 2.05. The van der Waals surface area contributed by atoms with E-state index in [4.69, 9.17) is 14.6 Å². The standard InChI is InChI=1S/C6H7NO.CHO2.Zn/c1-8-6-2-4-7-5-3-6;2-1-3;/h2-5H,1H3;(H,2,3);. The maximum absolute atomic E-state index is 9.06. The van der Waals surface area contributed by atoms with E-state index in [1.807, 2.05) is 0 Å². The van der Waals surface area contributed by atoms with Crippen molar-refractivity contribution in [2.75, 3.05) is 7.11 Å². The zero-order chi connectivity index (χ0) is 9.40. The van der Waals surface area contributed by atoms with E-state index >= 15 is 0 Å². The van der Waals surface area contributed by atoms with Crippen molar-refractivity contribution in [3.05, 3.63) is 24.5 Å². The van der Waals surface area contributed by atoms with Crippen molar-refractivity contribution in [2.24, 2.45) is 0 Å². The van der Waals surface area contributed by atoms with Crippen LogP contribution in [0.2, 0.25) is 0 Å². The number of pyridine rings is 1. The summed E-state index contributed by atoms with van der Waals surface area (Å²) in [5.74, 6) is 0.847. The van der Waals surface area contributed by atoms with E-state index in [-0.39, 0.29) is 0 Å². The van der Waals surface area contributed by atoms with Crippen LogP contribution in [-0.4, -0.2) is 21.8 Å². The van der Waals surface area contributed by atoms with Crippen molar-refractivity contribution in [2.45, 2.75) is 0 Å². The van der Waals surface area contributed by atoms with Crippen LogP contribution in [-0.2, 0) is 18.3 Å². The van der Waals surface area contributed by atoms with Gasteiger partial charge in [-0.2, -0.15) is 0 Å². The summed E-state index contributed by atoms with van der Waals surface area (Å²) in [5, 5.41) is 7.47. The van der Waals surface area contributed by atoms with E-state index in [0.717, 1.165) is 5.75 Å². The van der Waals surface area contributed by atoms with Crippen LogP contribution in [0.25, 0.3) is 0 Å². The molecule has 0 saturated heterocycles. The molecule has 1 aromatic rings. The van der Waals surface area contributed by atoms with Crippen LogP contribution >= 0.6 is 0 Å². The molecule has 0 unspecified atom stereocenters. The molecule has 1 N–H and O–H groups in total. The molecule has 0 spiro atoms. The summed E-state index contributed by atoms with van der Waals surface area (Å²) in [5.41, 5.74) is 0.